The second-order valence-corrected chi connectivity index (χ2v) is 5.09. The van der Waals surface area contributed by atoms with Gasteiger partial charge in [-0.15, -0.1) is 0 Å². The Hall–Kier alpha value is -3.01. The Morgan fingerprint density at radius 2 is 1.88 bits per heavy atom. The van der Waals surface area contributed by atoms with Crippen LogP contribution in [-0.4, -0.2) is 11.9 Å². The number of para-hydroxylation sites is 1. The quantitative estimate of drug-likeness (QED) is 0.888. The minimum atomic E-state index is -4.45. The van der Waals surface area contributed by atoms with Crippen LogP contribution in [0.5, 0.6) is 0 Å². The van der Waals surface area contributed by atoms with Crippen LogP contribution >= 0.6 is 0 Å². The van der Waals surface area contributed by atoms with Gasteiger partial charge in [-0.25, -0.2) is 0 Å². The number of nitrogens with one attached hydrogen (secondary N) is 2. The van der Waals surface area contributed by atoms with Crippen molar-refractivity contribution in [2.24, 2.45) is 0 Å². The molecule has 0 aliphatic rings. The molecule has 0 saturated heterocycles. The summed E-state index contributed by atoms with van der Waals surface area (Å²) in [6.45, 7) is 1.52. The molecule has 0 saturated carbocycles. The van der Waals surface area contributed by atoms with Crippen molar-refractivity contribution in [3.8, 4) is 6.07 Å². The third kappa shape index (κ3) is 4.26. The van der Waals surface area contributed by atoms with E-state index in [9.17, 15) is 18.0 Å². The fraction of sp³-hybridized carbons (Fsp3) is 0.176. The lowest BCUT2D eigenvalue weighted by Crippen LogP contribution is -2.32. The first-order chi connectivity index (χ1) is 11.3. The number of hydrogen-bond donors (Lipinski definition) is 2. The van der Waals surface area contributed by atoms with Crippen molar-refractivity contribution in [3.63, 3.8) is 0 Å². The van der Waals surface area contributed by atoms with Gasteiger partial charge in [-0.3, -0.25) is 4.79 Å². The molecule has 24 heavy (non-hydrogen) atoms. The van der Waals surface area contributed by atoms with E-state index in [2.05, 4.69) is 10.6 Å². The standard InChI is InChI=1S/C17H14F3N3O/c1-11(16(24)23-15-8-3-2-5-12(15)10-21)22-14-7-4-6-13(9-14)17(18,19)20/h2-9,11,22H,1H3,(H,23,24)/t11-/m0/s1. The predicted octanol–water partition coefficient (Wildman–Crippen LogP) is 4.02. The molecule has 1 amide bonds. The lowest BCUT2D eigenvalue weighted by molar-refractivity contribution is -0.137. The highest BCUT2D eigenvalue weighted by Crippen LogP contribution is 2.30. The molecule has 0 aromatic heterocycles. The molecule has 0 bridgehead atoms. The number of alkyl halides is 3. The van der Waals surface area contributed by atoms with Gasteiger partial charge in [-0.2, -0.15) is 18.4 Å². The highest BCUT2D eigenvalue weighted by Gasteiger charge is 2.30. The monoisotopic (exact) mass is 333 g/mol. The predicted molar refractivity (Wildman–Crippen MR) is 84.3 cm³/mol. The first-order valence-corrected chi connectivity index (χ1v) is 7.05. The molecular formula is C17H14F3N3O. The normalized spacial score (nSPS) is 12.1. The first kappa shape index (κ1) is 17.3. The van der Waals surface area contributed by atoms with Crippen molar-refractivity contribution in [2.75, 3.05) is 10.6 Å². The average Bonchev–Trinajstić information content (AvgIpc) is 2.54. The second-order valence-electron chi connectivity index (χ2n) is 5.09. The van der Waals surface area contributed by atoms with E-state index in [4.69, 9.17) is 5.26 Å². The van der Waals surface area contributed by atoms with E-state index >= 15 is 0 Å². The zero-order chi connectivity index (χ0) is 17.7. The maximum Gasteiger partial charge on any atom is 0.416 e. The molecule has 0 radical (unpaired) electrons. The summed E-state index contributed by atoms with van der Waals surface area (Å²) >= 11 is 0. The molecule has 0 heterocycles. The number of halogens is 3. The van der Waals surface area contributed by atoms with Gasteiger partial charge in [-0.05, 0) is 37.3 Å². The average molecular weight is 333 g/mol. The Morgan fingerprint density at radius 3 is 2.54 bits per heavy atom. The molecule has 2 rings (SSSR count). The van der Waals surface area contributed by atoms with Crippen LogP contribution in [0, 0.1) is 11.3 Å². The summed E-state index contributed by atoms with van der Waals surface area (Å²) < 4.78 is 38.1. The minimum Gasteiger partial charge on any atom is -0.374 e. The Labute approximate surface area is 136 Å². The number of nitrogens with zero attached hydrogens (tertiary/aromatic N) is 1. The van der Waals surface area contributed by atoms with Crippen LogP contribution in [-0.2, 0) is 11.0 Å². The molecule has 0 spiro atoms. The summed E-state index contributed by atoms with van der Waals surface area (Å²) in [5.41, 5.74) is 0.0378. The van der Waals surface area contributed by atoms with Gasteiger partial charge < -0.3 is 10.6 Å². The molecule has 0 aliphatic carbocycles. The lowest BCUT2D eigenvalue weighted by atomic mass is 10.1. The third-order valence-corrected chi connectivity index (χ3v) is 3.27. The summed E-state index contributed by atoms with van der Waals surface area (Å²) in [6.07, 6.45) is -4.45. The smallest absolute Gasteiger partial charge is 0.374 e. The van der Waals surface area contributed by atoms with Gasteiger partial charge in [0.2, 0.25) is 5.91 Å². The third-order valence-electron chi connectivity index (χ3n) is 3.27. The van der Waals surface area contributed by atoms with Crippen molar-refractivity contribution in [3.05, 3.63) is 59.7 Å². The van der Waals surface area contributed by atoms with E-state index in [1.807, 2.05) is 6.07 Å². The molecule has 2 aromatic carbocycles. The van der Waals surface area contributed by atoms with Crippen molar-refractivity contribution < 1.29 is 18.0 Å². The Kier molecular flexibility index (Phi) is 5.09. The van der Waals surface area contributed by atoms with Crippen molar-refractivity contribution >= 4 is 17.3 Å². The fourth-order valence-electron chi connectivity index (χ4n) is 2.03. The molecule has 1 atom stereocenters. The number of benzene rings is 2. The summed E-state index contributed by atoms with van der Waals surface area (Å²) in [7, 11) is 0. The Morgan fingerprint density at radius 1 is 1.17 bits per heavy atom. The number of carbonyl (C=O) groups is 1. The van der Waals surface area contributed by atoms with E-state index in [1.165, 1.54) is 19.1 Å². The maximum absolute atomic E-state index is 12.7. The minimum absolute atomic E-state index is 0.182. The number of carbonyl (C=O) groups excluding carboxylic acids is 1. The van der Waals surface area contributed by atoms with Gasteiger partial charge in [0, 0.05) is 5.69 Å². The molecule has 0 fully saturated rings. The van der Waals surface area contributed by atoms with Crippen LogP contribution in [0.1, 0.15) is 18.1 Å². The van der Waals surface area contributed by atoms with Gasteiger partial charge in [0.1, 0.15) is 12.1 Å². The lowest BCUT2D eigenvalue weighted by Gasteiger charge is -2.17. The SMILES string of the molecule is C[C@H](Nc1cccc(C(F)(F)F)c1)C(=O)Nc1ccccc1C#N. The summed E-state index contributed by atoms with van der Waals surface area (Å²) in [5, 5.41) is 14.3. The molecule has 4 nitrogen and oxygen atoms in total. The largest absolute Gasteiger partial charge is 0.416 e. The van der Waals surface area contributed by atoms with Crippen molar-refractivity contribution in [1.82, 2.24) is 0 Å². The molecule has 0 unspecified atom stereocenters. The molecule has 124 valence electrons. The van der Waals surface area contributed by atoms with Crippen molar-refractivity contribution in [2.45, 2.75) is 19.1 Å². The van der Waals surface area contributed by atoms with Crippen LogP contribution in [0.15, 0.2) is 48.5 Å². The molecule has 2 N–H and O–H groups in total. The van der Waals surface area contributed by atoms with Gasteiger partial charge in [-0.1, -0.05) is 18.2 Å². The van der Waals surface area contributed by atoms with E-state index in [-0.39, 0.29) is 5.69 Å². The summed E-state index contributed by atoms with van der Waals surface area (Å²) in [4.78, 5) is 12.2. The summed E-state index contributed by atoms with van der Waals surface area (Å²) in [5.74, 6) is -0.463. The number of rotatable bonds is 4. The first-order valence-electron chi connectivity index (χ1n) is 7.05. The number of anilines is 2. The van der Waals surface area contributed by atoms with Crippen LogP contribution in [0.3, 0.4) is 0 Å². The molecule has 2 aromatic rings. The second kappa shape index (κ2) is 7.04. The highest BCUT2D eigenvalue weighted by molar-refractivity contribution is 5.97. The zero-order valence-electron chi connectivity index (χ0n) is 12.7. The Balaban J connectivity index is 2.08. The fourth-order valence-corrected chi connectivity index (χ4v) is 2.03. The van der Waals surface area contributed by atoms with Crippen LogP contribution < -0.4 is 10.6 Å². The topological polar surface area (TPSA) is 64.9 Å². The zero-order valence-corrected chi connectivity index (χ0v) is 12.7. The number of amides is 1. The molecule has 7 heteroatoms. The van der Waals surface area contributed by atoms with E-state index < -0.39 is 23.7 Å². The summed E-state index contributed by atoms with van der Waals surface area (Å²) in [6, 6.07) is 12.2. The highest BCUT2D eigenvalue weighted by atomic mass is 19.4. The van der Waals surface area contributed by atoms with Gasteiger partial charge in [0.15, 0.2) is 0 Å². The van der Waals surface area contributed by atoms with E-state index in [0.29, 0.717) is 11.3 Å². The van der Waals surface area contributed by atoms with Crippen LogP contribution in [0.2, 0.25) is 0 Å². The van der Waals surface area contributed by atoms with Gasteiger partial charge >= 0.3 is 6.18 Å². The number of hydrogen-bond acceptors (Lipinski definition) is 3. The molecular weight excluding hydrogens is 319 g/mol. The molecule has 0 aliphatic heterocycles. The maximum atomic E-state index is 12.7. The Bertz CT molecular complexity index is 781. The van der Waals surface area contributed by atoms with Gasteiger partial charge in [0.25, 0.3) is 0 Å². The number of nitriles is 1. The van der Waals surface area contributed by atoms with E-state index in [0.717, 1.165) is 12.1 Å². The van der Waals surface area contributed by atoms with Crippen molar-refractivity contribution in [1.29, 1.82) is 5.26 Å². The van der Waals surface area contributed by atoms with Crippen LogP contribution in [0.4, 0.5) is 24.5 Å². The van der Waals surface area contributed by atoms with Gasteiger partial charge in [0.05, 0.1) is 16.8 Å². The van der Waals surface area contributed by atoms with Crippen LogP contribution in [0.25, 0.3) is 0 Å². The van der Waals surface area contributed by atoms with E-state index in [1.54, 1.807) is 24.3 Å².